The van der Waals surface area contributed by atoms with Gasteiger partial charge in [-0.3, -0.25) is 0 Å². The Morgan fingerprint density at radius 2 is 1.77 bits per heavy atom. The number of aliphatic hydroxyl groups excluding tert-OH is 1. The van der Waals surface area contributed by atoms with Crippen molar-refractivity contribution in [3.63, 3.8) is 0 Å². The Morgan fingerprint density at radius 1 is 1.15 bits per heavy atom. The predicted molar refractivity (Wildman–Crippen MR) is 54.6 cm³/mol. The van der Waals surface area contributed by atoms with Crippen LogP contribution in [0.1, 0.15) is 44.9 Å². The summed E-state index contributed by atoms with van der Waals surface area (Å²) in [4.78, 5) is 9.98. The van der Waals surface area contributed by atoms with Crippen LogP contribution in [0.3, 0.4) is 0 Å². The van der Waals surface area contributed by atoms with Crippen LogP contribution < -0.4 is 0 Å². The summed E-state index contributed by atoms with van der Waals surface area (Å²) in [5.74, 6) is 0. The SMILES string of the molecule is C=CC(O)CCCCCCCC=O. The second-order valence-electron chi connectivity index (χ2n) is 3.31. The van der Waals surface area contributed by atoms with E-state index in [1.165, 1.54) is 0 Å². The average molecular weight is 184 g/mol. The van der Waals surface area contributed by atoms with Gasteiger partial charge in [-0.1, -0.05) is 31.8 Å². The third kappa shape index (κ3) is 9.28. The van der Waals surface area contributed by atoms with Crippen LogP contribution in [0.2, 0.25) is 0 Å². The third-order valence-electron chi connectivity index (χ3n) is 2.09. The molecular formula is C11H20O2. The van der Waals surface area contributed by atoms with Crippen LogP contribution in [0.5, 0.6) is 0 Å². The molecule has 2 heteroatoms. The fraction of sp³-hybridized carbons (Fsp3) is 0.727. The van der Waals surface area contributed by atoms with Gasteiger partial charge in [0.1, 0.15) is 6.29 Å². The van der Waals surface area contributed by atoms with Gasteiger partial charge in [-0.25, -0.2) is 0 Å². The van der Waals surface area contributed by atoms with Gasteiger partial charge >= 0.3 is 0 Å². The largest absolute Gasteiger partial charge is 0.389 e. The van der Waals surface area contributed by atoms with E-state index in [0.29, 0.717) is 6.42 Å². The van der Waals surface area contributed by atoms with Gasteiger partial charge in [-0.2, -0.15) is 0 Å². The van der Waals surface area contributed by atoms with Crippen molar-refractivity contribution in [2.75, 3.05) is 0 Å². The van der Waals surface area contributed by atoms with Crippen LogP contribution in [0.4, 0.5) is 0 Å². The van der Waals surface area contributed by atoms with Crippen LogP contribution in [-0.4, -0.2) is 17.5 Å². The lowest BCUT2D eigenvalue weighted by molar-refractivity contribution is -0.107. The average Bonchev–Trinajstić information content (AvgIpc) is 2.16. The number of hydrogen-bond acceptors (Lipinski definition) is 2. The first kappa shape index (κ1) is 12.4. The van der Waals surface area contributed by atoms with Crippen LogP contribution in [0, 0.1) is 0 Å². The van der Waals surface area contributed by atoms with E-state index in [1.807, 2.05) is 0 Å². The standard InChI is InChI=1S/C11H20O2/c1-2-11(13)9-7-5-3-4-6-8-10-12/h2,10-11,13H,1,3-9H2. The molecule has 0 radical (unpaired) electrons. The Morgan fingerprint density at radius 3 is 2.38 bits per heavy atom. The molecule has 13 heavy (non-hydrogen) atoms. The number of carbonyl (C=O) groups excluding carboxylic acids is 1. The number of hydrogen-bond donors (Lipinski definition) is 1. The molecule has 0 aromatic rings. The first-order valence-electron chi connectivity index (χ1n) is 5.05. The molecule has 0 fully saturated rings. The summed E-state index contributed by atoms with van der Waals surface area (Å²) < 4.78 is 0. The maximum Gasteiger partial charge on any atom is 0.119 e. The van der Waals surface area contributed by atoms with Crippen molar-refractivity contribution in [3.05, 3.63) is 12.7 Å². The summed E-state index contributed by atoms with van der Waals surface area (Å²) in [5, 5.41) is 9.13. The van der Waals surface area contributed by atoms with Crippen molar-refractivity contribution in [3.8, 4) is 0 Å². The van der Waals surface area contributed by atoms with Crippen LogP contribution in [0.15, 0.2) is 12.7 Å². The zero-order chi connectivity index (χ0) is 9.94. The monoisotopic (exact) mass is 184 g/mol. The molecule has 2 nitrogen and oxygen atoms in total. The van der Waals surface area contributed by atoms with Crippen molar-refractivity contribution < 1.29 is 9.90 Å². The fourth-order valence-electron chi connectivity index (χ4n) is 1.23. The molecule has 0 aromatic carbocycles. The number of aliphatic hydroxyl groups is 1. The number of carbonyl (C=O) groups is 1. The minimum atomic E-state index is -0.338. The van der Waals surface area contributed by atoms with Gasteiger partial charge in [-0.05, 0) is 12.8 Å². The van der Waals surface area contributed by atoms with Gasteiger partial charge in [-0.15, -0.1) is 6.58 Å². The summed E-state index contributed by atoms with van der Waals surface area (Å²) in [6.45, 7) is 3.51. The molecule has 0 aromatic heterocycles. The highest BCUT2D eigenvalue weighted by Gasteiger charge is 1.96. The first-order chi connectivity index (χ1) is 6.31. The Labute approximate surface area is 80.7 Å². The summed E-state index contributed by atoms with van der Waals surface area (Å²) in [6.07, 6.45) is 9.21. The highest BCUT2D eigenvalue weighted by atomic mass is 16.3. The Kier molecular flexibility index (Phi) is 9.00. The third-order valence-corrected chi connectivity index (χ3v) is 2.09. The van der Waals surface area contributed by atoms with Gasteiger partial charge in [0.25, 0.3) is 0 Å². The number of unbranched alkanes of at least 4 members (excludes halogenated alkanes) is 5. The second-order valence-corrected chi connectivity index (χ2v) is 3.31. The molecular weight excluding hydrogens is 164 g/mol. The van der Waals surface area contributed by atoms with E-state index in [0.717, 1.165) is 44.8 Å². The van der Waals surface area contributed by atoms with E-state index >= 15 is 0 Å². The molecule has 0 aliphatic heterocycles. The molecule has 1 unspecified atom stereocenters. The van der Waals surface area contributed by atoms with Gasteiger partial charge < -0.3 is 9.90 Å². The summed E-state index contributed by atoms with van der Waals surface area (Å²) >= 11 is 0. The molecule has 0 aliphatic carbocycles. The number of aldehydes is 1. The summed E-state index contributed by atoms with van der Waals surface area (Å²) in [6, 6.07) is 0. The number of rotatable bonds is 9. The van der Waals surface area contributed by atoms with Crippen LogP contribution in [0.25, 0.3) is 0 Å². The molecule has 0 rings (SSSR count). The van der Waals surface area contributed by atoms with Gasteiger partial charge in [0.15, 0.2) is 0 Å². The first-order valence-corrected chi connectivity index (χ1v) is 5.05. The maximum absolute atomic E-state index is 9.98. The molecule has 1 atom stereocenters. The zero-order valence-electron chi connectivity index (χ0n) is 8.24. The maximum atomic E-state index is 9.98. The van der Waals surface area contributed by atoms with Crippen LogP contribution in [-0.2, 0) is 4.79 Å². The highest BCUT2D eigenvalue weighted by molar-refractivity contribution is 5.48. The second kappa shape index (κ2) is 9.46. The van der Waals surface area contributed by atoms with E-state index in [1.54, 1.807) is 6.08 Å². The van der Waals surface area contributed by atoms with Crippen molar-refractivity contribution in [1.82, 2.24) is 0 Å². The quantitative estimate of drug-likeness (QED) is 0.339. The van der Waals surface area contributed by atoms with Crippen molar-refractivity contribution in [1.29, 1.82) is 0 Å². The minimum absolute atomic E-state index is 0.338. The molecule has 1 N–H and O–H groups in total. The van der Waals surface area contributed by atoms with Crippen molar-refractivity contribution >= 4 is 6.29 Å². The topological polar surface area (TPSA) is 37.3 Å². The smallest absolute Gasteiger partial charge is 0.119 e. The van der Waals surface area contributed by atoms with Crippen molar-refractivity contribution in [2.45, 2.75) is 51.0 Å². The lowest BCUT2D eigenvalue weighted by Crippen LogP contribution is -2.00. The Balaban J connectivity index is 2.99. The van der Waals surface area contributed by atoms with E-state index in [4.69, 9.17) is 5.11 Å². The normalized spacial score (nSPS) is 12.4. The van der Waals surface area contributed by atoms with E-state index in [9.17, 15) is 4.79 Å². The zero-order valence-corrected chi connectivity index (χ0v) is 8.24. The molecule has 0 saturated carbocycles. The van der Waals surface area contributed by atoms with E-state index < -0.39 is 0 Å². The molecule has 0 saturated heterocycles. The summed E-state index contributed by atoms with van der Waals surface area (Å²) in [5.41, 5.74) is 0. The van der Waals surface area contributed by atoms with Crippen molar-refractivity contribution in [2.24, 2.45) is 0 Å². The van der Waals surface area contributed by atoms with E-state index in [2.05, 4.69) is 6.58 Å². The fourth-order valence-corrected chi connectivity index (χ4v) is 1.23. The minimum Gasteiger partial charge on any atom is -0.389 e. The molecule has 0 heterocycles. The lowest BCUT2D eigenvalue weighted by Gasteiger charge is -2.03. The van der Waals surface area contributed by atoms with Gasteiger partial charge in [0.05, 0.1) is 6.10 Å². The van der Waals surface area contributed by atoms with Crippen LogP contribution >= 0.6 is 0 Å². The molecule has 0 aliphatic rings. The van der Waals surface area contributed by atoms with Gasteiger partial charge in [0, 0.05) is 6.42 Å². The molecule has 0 bridgehead atoms. The lowest BCUT2D eigenvalue weighted by atomic mass is 10.1. The highest BCUT2D eigenvalue weighted by Crippen LogP contribution is 2.08. The summed E-state index contributed by atoms with van der Waals surface area (Å²) in [7, 11) is 0. The molecule has 76 valence electrons. The van der Waals surface area contributed by atoms with Gasteiger partial charge in [0.2, 0.25) is 0 Å². The predicted octanol–water partition coefficient (Wildman–Crippen LogP) is 2.46. The van der Waals surface area contributed by atoms with E-state index in [-0.39, 0.29) is 6.10 Å². The molecule has 0 amide bonds. The Hall–Kier alpha value is -0.630. The Bertz CT molecular complexity index is 132. The molecule has 0 spiro atoms.